The molecule has 0 fully saturated rings. The number of thiophene rings is 2. The molecule has 160 valence electrons. The van der Waals surface area contributed by atoms with E-state index in [1.54, 1.807) is 11.3 Å². The highest BCUT2D eigenvalue weighted by atomic mass is 32.1. The molecular formula is C25H42OS2. The molecule has 2 rings (SSSR count). The highest BCUT2D eigenvalue weighted by Gasteiger charge is 1.95. The molecule has 0 aromatic carbocycles. The van der Waals surface area contributed by atoms with E-state index in [1.807, 2.05) is 28.2 Å². The van der Waals surface area contributed by atoms with Gasteiger partial charge in [-0.05, 0) is 53.1 Å². The lowest BCUT2D eigenvalue weighted by atomic mass is 10.0. The van der Waals surface area contributed by atoms with Gasteiger partial charge in [-0.1, -0.05) is 84.5 Å². The van der Waals surface area contributed by atoms with E-state index in [9.17, 15) is 0 Å². The molecule has 2 aromatic heterocycles. The van der Waals surface area contributed by atoms with E-state index in [0.717, 1.165) is 12.4 Å². The predicted molar refractivity (Wildman–Crippen MR) is 129 cm³/mol. The third-order valence-corrected chi connectivity index (χ3v) is 6.30. The molecule has 0 aliphatic carbocycles. The summed E-state index contributed by atoms with van der Waals surface area (Å²) in [6.45, 7) is 5.35. The lowest BCUT2D eigenvalue weighted by molar-refractivity contribution is 0.307. The molecule has 0 saturated carbocycles. The van der Waals surface area contributed by atoms with Crippen molar-refractivity contribution in [1.82, 2.24) is 0 Å². The Labute approximate surface area is 182 Å². The zero-order valence-electron chi connectivity index (χ0n) is 18.3. The highest BCUT2D eigenvalue weighted by Crippen LogP contribution is 2.15. The summed E-state index contributed by atoms with van der Waals surface area (Å²) in [5.74, 6) is 1.02. The molecule has 2 aromatic rings. The lowest BCUT2D eigenvalue weighted by Gasteiger charge is -2.01. The van der Waals surface area contributed by atoms with Crippen LogP contribution in [0.2, 0.25) is 0 Å². The molecule has 3 heteroatoms. The van der Waals surface area contributed by atoms with Crippen molar-refractivity contribution < 1.29 is 4.74 Å². The summed E-state index contributed by atoms with van der Waals surface area (Å²) in [7, 11) is 0. The monoisotopic (exact) mass is 422 g/mol. The van der Waals surface area contributed by atoms with Crippen LogP contribution in [0.3, 0.4) is 0 Å². The van der Waals surface area contributed by atoms with Crippen molar-refractivity contribution in [2.24, 2.45) is 0 Å². The molecule has 0 amide bonds. The average Bonchev–Trinajstić information content (AvgIpc) is 3.41. The molecule has 0 spiro atoms. The number of hydrogen-bond acceptors (Lipinski definition) is 3. The van der Waals surface area contributed by atoms with E-state index >= 15 is 0 Å². The fourth-order valence-electron chi connectivity index (χ4n) is 3.13. The van der Waals surface area contributed by atoms with Gasteiger partial charge in [0, 0.05) is 5.38 Å². The van der Waals surface area contributed by atoms with Crippen LogP contribution in [0, 0.1) is 0 Å². The van der Waals surface area contributed by atoms with E-state index in [0.29, 0.717) is 0 Å². The van der Waals surface area contributed by atoms with E-state index in [2.05, 4.69) is 30.7 Å². The molecule has 28 heavy (non-hydrogen) atoms. The first-order valence-corrected chi connectivity index (χ1v) is 13.4. The summed E-state index contributed by atoms with van der Waals surface area (Å²) >= 11 is 3.50. The van der Waals surface area contributed by atoms with Crippen LogP contribution in [0.1, 0.15) is 103 Å². The molecule has 0 unspecified atom stereocenters. The van der Waals surface area contributed by atoms with Crippen molar-refractivity contribution in [3.8, 4) is 5.75 Å². The molecule has 1 nitrogen and oxygen atoms in total. The Balaban J connectivity index is 0.000000307. The SMILES string of the molecule is CCCCCCCCCCCCc1ccsc1.CCCCCOc1ccsc1. The largest absolute Gasteiger partial charge is 0.493 e. The quantitative estimate of drug-likeness (QED) is 0.245. The van der Waals surface area contributed by atoms with Crippen LogP contribution < -0.4 is 4.74 Å². The van der Waals surface area contributed by atoms with Gasteiger partial charge in [-0.2, -0.15) is 11.3 Å². The van der Waals surface area contributed by atoms with Crippen LogP contribution >= 0.6 is 22.7 Å². The Morgan fingerprint density at radius 2 is 1.21 bits per heavy atom. The second-order valence-corrected chi connectivity index (χ2v) is 9.14. The maximum absolute atomic E-state index is 5.46. The van der Waals surface area contributed by atoms with Gasteiger partial charge in [0.25, 0.3) is 0 Å². The van der Waals surface area contributed by atoms with E-state index < -0.39 is 0 Å². The van der Waals surface area contributed by atoms with Gasteiger partial charge in [0.05, 0.1) is 6.61 Å². The zero-order valence-corrected chi connectivity index (χ0v) is 19.9. The minimum Gasteiger partial charge on any atom is -0.493 e. The summed E-state index contributed by atoms with van der Waals surface area (Å²) in [6, 6.07) is 4.27. The van der Waals surface area contributed by atoms with Crippen molar-refractivity contribution in [3.05, 3.63) is 39.2 Å². The summed E-state index contributed by atoms with van der Waals surface area (Å²) in [6.07, 6.45) is 19.3. The predicted octanol–water partition coefficient (Wildman–Crippen LogP) is 9.53. The Morgan fingerprint density at radius 1 is 0.643 bits per heavy atom. The normalized spacial score (nSPS) is 10.5. The number of hydrogen-bond donors (Lipinski definition) is 0. The van der Waals surface area contributed by atoms with Crippen molar-refractivity contribution >= 4 is 22.7 Å². The molecule has 0 saturated heterocycles. The molecular weight excluding hydrogens is 380 g/mol. The minimum atomic E-state index is 0.866. The van der Waals surface area contributed by atoms with Gasteiger partial charge in [-0.25, -0.2) is 0 Å². The first-order chi connectivity index (χ1) is 13.9. The number of ether oxygens (including phenoxy) is 1. The summed E-state index contributed by atoms with van der Waals surface area (Å²) in [4.78, 5) is 0. The molecule has 0 N–H and O–H groups in total. The number of rotatable bonds is 16. The first-order valence-electron chi connectivity index (χ1n) is 11.5. The van der Waals surface area contributed by atoms with Gasteiger partial charge in [0.1, 0.15) is 5.75 Å². The van der Waals surface area contributed by atoms with Crippen molar-refractivity contribution in [1.29, 1.82) is 0 Å². The standard InChI is InChI=1S/C16H28S.C9H14OS/c1-2-3-4-5-6-7-8-9-10-11-12-16-13-14-17-15-16;1-2-3-4-6-10-9-5-7-11-8-9/h13-15H,2-12H2,1H3;5,7-8H,2-4,6H2,1H3. The van der Waals surface area contributed by atoms with E-state index in [4.69, 9.17) is 4.74 Å². The summed E-state index contributed by atoms with van der Waals surface area (Å²) < 4.78 is 5.46. The number of aryl methyl sites for hydroxylation is 1. The lowest BCUT2D eigenvalue weighted by Crippen LogP contribution is -1.95. The van der Waals surface area contributed by atoms with Gasteiger partial charge in [-0.3, -0.25) is 0 Å². The fraction of sp³-hybridized carbons (Fsp3) is 0.680. The summed E-state index contributed by atoms with van der Waals surface area (Å²) in [5.41, 5.74) is 1.54. The van der Waals surface area contributed by atoms with Gasteiger partial charge in [0.15, 0.2) is 0 Å². The van der Waals surface area contributed by atoms with Gasteiger partial charge < -0.3 is 4.74 Å². The van der Waals surface area contributed by atoms with Crippen molar-refractivity contribution in [2.45, 2.75) is 104 Å². The van der Waals surface area contributed by atoms with Crippen molar-refractivity contribution in [3.63, 3.8) is 0 Å². The van der Waals surface area contributed by atoms with Gasteiger partial charge in [0.2, 0.25) is 0 Å². The Kier molecular flexibility index (Phi) is 17.6. The average molecular weight is 423 g/mol. The van der Waals surface area contributed by atoms with Crippen LogP contribution in [0.15, 0.2) is 33.7 Å². The third-order valence-electron chi connectivity index (χ3n) is 4.91. The van der Waals surface area contributed by atoms with E-state index in [1.165, 1.54) is 95.5 Å². The molecule has 2 heterocycles. The smallest absolute Gasteiger partial charge is 0.129 e. The Bertz CT molecular complexity index is 505. The third kappa shape index (κ3) is 15.2. The Hall–Kier alpha value is -0.800. The van der Waals surface area contributed by atoms with E-state index in [-0.39, 0.29) is 0 Å². The first kappa shape index (κ1) is 25.2. The van der Waals surface area contributed by atoms with Crippen LogP contribution in [0.5, 0.6) is 5.75 Å². The van der Waals surface area contributed by atoms with Gasteiger partial charge >= 0.3 is 0 Å². The molecule has 0 aliphatic rings. The maximum atomic E-state index is 5.46. The fourth-order valence-corrected chi connectivity index (χ4v) is 4.40. The molecule has 0 atom stereocenters. The molecule has 0 aliphatic heterocycles. The summed E-state index contributed by atoms with van der Waals surface area (Å²) in [5, 5.41) is 8.54. The molecule has 0 radical (unpaired) electrons. The van der Waals surface area contributed by atoms with Gasteiger partial charge in [-0.15, -0.1) is 11.3 Å². The minimum absolute atomic E-state index is 0.866. The molecule has 0 bridgehead atoms. The second kappa shape index (κ2) is 19.5. The number of unbranched alkanes of at least 4 members (excludes halogenated alkanes) is 11. The van der Waals surface area contributed by atoms with Crippen LogP contribution in [0.25, 0.3) is 0 Å². The Morgan fingerprint density at radius 3 is 1.79 bits per heavy atom. The van der Waals surface area contributed by atoms with Crippen molar-refractivity contribution in [2.75, 3.05) is 6.61 Å². The van der Waals surface area contributed by atoms with Crippen LogP contribution in [-0.2, 0) is 6.42 Å². The van der Waals surface area contributed by atoms with Crippen LogP contribution in [-0.4, -0.2) is 6.61 Å². The zero-order chi connectivity index (χ0) is 20.1. The second-order valence-electron chi connectivity index (χ2n) is 7.58. The maximum Gasteiger partial charge on any atom is 0.129 e. The highest BCUT2D eigenvalue weighted by molar-refractivity contribution is 7.08. The topological polar surface area (TPSA) is 9.23 Å². The van der Waals surface area contributed by atoms with Crippen LogP contribution in [0.4, 0.5) is 0 Å².